The van der Waals surface area contributed by atoms with Crippen LogP contribution in [0.1, 0.15) is 0 Å². The predicted octanol–water partition coefficient (Wildman–Crippen LogP) is 20.2. The normalized spacial score (nSPS) is 12.9. The smallest absolute Gasteiger partial charge is 0.0620 e. The average Bonchev–Trinajstić information content (AvgIpc) is 4.26. The fourth-order valence-electron chi connectivity index (χ4n) is 12.7. The van der Waals surface area contributed by atoms with Crippen LogP contribution in [0.25, 0.3) is 168 Å². The minimum absolute atomic E-state index is 1.23. The topological polar surface area (TPSA) is 8.82 Å². The van der Waals surface area contributed by atoms with Crippen molar-refractivity contribution in [2.24, 2.45) is 0 Å². The van der Waals surface area contributed by atoms with Gasteiger partial charge in [-0.15, -0.1) is 45.3 Å². The number of fused-ring (bicyclic) bond motifs is 30. The molecule has 0 N–H and O–H groups in total. The molecule has 10 aromatic carbocycles. The van der Waals surface area contributed by atoms with Crippen LogP contribution in [0, 0.1) is 0 Å². The van der Waals surface area contributed by atoms with E-state index in [0.29, 0.717) is 0 Å². The van der Waals surface area contributed by atoms with Crippen molar-refractivity contribution >= 4 is 202 Å². The Morgan fingerprint density at radius 3 is 1.50 bits per heavy atom. The van der Waals surface area contributed by atoms with Gasteiger partial charge in [0.25, 0.3) is 0 Å². The Kier molecular flexibility index (Phi) is 6.93. The zero-order chi connectivity index (χ0) is 45.1. The highest BCUT2D eigenvalue weighted by atomic mass is 32.1. The highest BCUT2D eigenvalue weighted by Gasteiger charge is 2.24. The Labute approximate surface area is 413 Å². The van der Waals surface area contributed by atoms with Crippen molar-refractivity contribution in [1.82, 2.24) is 8.80 Å². The molecule has 0 aliphatic heterocycles. The third-order valence-electron chi connectivity index (χ3n) is 15.6. The largest absolute Gasteiger partial charge is 0.315 e. The van der Waals surface area contributed by atoms with E-state index < -0.39 is 0 Å². The molecule has 322 valence electrons. The monoisotopic (exact) mass is 956 g/mol. The lowest BCUT2D eigenvalue weighted by Crippen LogP contribution is -1.94. The second-order valence-electron chi connectivity index (χ2n) is 19.1. The van der Waals surface area contributed by atoms with E-state index in [4.69, 9.17) is 0 Å². The fraction of sp³-hybridized carbons (Fsp3) is 0. The molecule has 8 heterocycles. The minimum atomic E-state index is 1.23. The van der Waals surface area contributed by atoms with Crippen molar-refractivity contribution in [2.45, 2.75) is 0 Å². The highest BCUT2D eigenvalue weighted by molar-refractivity contribution is 7.28. The molecule has 0 atom stereocenters. The van der Waals surface area contributed by atoms with Gasteiger partial charge < -0.3 is 8.80 Å². The Morgan fingerprint density at radius 1 is 0.286 bits per heavy atom. The second-order valence-corrected chi connectivity index (χ2v) is 23.4. The van der Waals surface area contributed by atoms with E-state index in [1.165, 1.54) is 168 Å². The first-order chi connectivity index (χ1) is 34.7. The van der Waals surface area contributed by atoms with Crippen LogP contribution >= 0.6 is 45.3 Å². The van der Waals surface area contributed by atoms with E-state index in [0.717, 1.165) is 0 Å². The van der Waals surface area contributed by atoms with Crippen LogP contribution in [0.3, 0.4) is 0 Å². The molecule has 70 heavy (non-hydrogen) atoms. The quantitative estimate of drug-likeness (QED) is 0.145. The van der Waals surface area contributed by atoms with E-state index in [1.54, 1.807) is 0 Å². The number of hydrogen-bond acceptors (Lipinski definition) is 4. The molecule has 0 bridgehead atoms. The van der Waals surface area contributed by atoms with Gasteiger partial charge in [0.1, 0.15) is 0 Å². The zero-order valence-electron chi connectivity index (χ0n) is 37.0. The summed E-state index contributed by atoms with van der Waals surface area (Å²) in [6, 6.07) is 71.7. The van der Waals surface area contributed by atoms with Crippen LogP contribution in [0.4, 0.5) is 0 Å². The van der Waals surface area contributed by atoms with Gasteiger partial charge in [0.15, 0.2) is 0 Å². The molecule has 18 rings (SSSR count). The van der Waals surface area contributed by atoms with Crippen molar-refractivity contribution in [3.63, 3.8) is 0 Å². The minimum Gasteiger partial charge on any atom is -0.315 e. The lowest BCUT2D eigenvalue weighted by atomic mass is 9.99. The number of nitrogens with zero attached hydrogens (tertiary/aromatic N) is 2. The summed E-state index contributed by atoms with van der Waals surface area (Å²) in [7, 11) is 0. The van der Waals surface area contributed by atoms with Crippen molar-refractivity contribution in [2.75, 3.05) is 0 Å². The third-order valence-corrected chi connectivity index (χ3v) is 20.3. The van der Waals surface area contributed by atoms with Gasteiger partial charge in [-0.2, -0.15) is 0 Å². The maximum atomic E-state index is 2.63. The summed E-state index contributed by atoms with van der Waals surface area (Å²) in [5, 5.41) is 23.6. The summed E-state index contributed by atoms with van der Waals surface area (Å²) in [4.78, 5) is 0. The standard InChI is InChI=1S/C64H32N2S4/c1-2-12-35-34(11-1)32-65-50-25-23-42-36-13-5-9-19-53(36)69-63(42)58(50)47-30-56-45(29-48(47)61(35)65)39-22-21-33(27-55(39)68-56)60-40-16-3-4-17-41(40)62-49-31-57-44(38-15-7-8-18-52(38)67-57)28-46(49)59-51(66(60)62)26-24-43-37-14-6-10-20-54(37)70-64(43)59/h1-32H. The molecular weight excluding hydrogens is 925 g/mol. The molecule has 6 heteroatoms. The molecule has 0 fully saturated rings. The van der Waals surface area contributed by atoms with Gasteiger partial charge in [0.2, 0.25) is 0 Å². The summed E-state index contributed by atoms with van der Waals surface area (Å²) in [6.07, 6.45) is 2.35. The van der Waals surface area contributed by atoms with Crippen LogP contribution in [0.15, 0.2) is 194 Å². The van der Waals surface area contributed by atoms with Crippen LogP contribution < -0.4 is 0 Å². The third kappa shape index (κ3) is 4.59. The van der Waals surface area contributed by atoms with Crippen molar-refractivity contribution in [3.8, 4) is 11.3 Å². The summed E-state index contributed by atoms with van der Waals surface area (Å²) in [6.45, 7) is 0. The van der Waals surface area contributed by atoms with Gasteiger partial charge in [-0.05, 0) is 71.4 Å². The Morgan fingerprint density at radius 2 is 0.771 bits per heavy atom. The lowest BCUT2D eigenvalue weighted by molar-refractivity contribution is 1.30. The van der Waals surface area contributed by atoms with Gasteiger partial charge in [-0.1, -0.05) is 127 Å². The number of hydrogen-bond donors (Lipinski definition) is 0. The molecule has 0 aliphatic rings. The van der Waals surface area contributed by atoms with E-state index in [-0.39, 0.29) is 0 Å². The molecule has 0 saturated carbocycles. The first-order valence-corrected chi connectivity index (χ1v) is 27.1. The Bertz CT molecular complexity index is 5440. The Balaban J connectivity index is 0.966. The molecule has 0 aliphatic carbocycles. The molecule has 0 radical (unpaired) electrons. The Hall–Kier alpha value is -7.84. The van der Waals surface area contributed by atoms with Gasteiger partial charge in [0.05, 0.1) is 27.8 Å². The molecule has 0 amide bonds. The summed E-state index contributed by atoms with van der Waals surface area (Å²) < 4.78 is 15.8. The summed E-state index contributed by atoms with van der Waals surface area (Å²) in [5.74, 6) is 0. The summed E-state index contributed by atoms with van der Waals surface area (Å²) >= 11 is 7.70. The number of pyridine rings is 2. The first-order valence-electron chi connectivity index (χ1n) is 23.8. The van der Waals surface area contributed by atoms with Crippen LogP contribution in [-0.4, -0.2) is 8.80 Å². The fourth-order valence-corrected chi connectivity index (χ4v) is 17.5. The van der Waals surface area contributed by atoms with E-state index in [1.807, 2.05) is 45.3 Å². The SMILES string of the molecule is c1ccc2c(c1)cn1c3ccc4c5ccccc5sc4c3c3cc4sc5cc(-c6c7ccccc7c7c8cc9sc%10ccccc%10c9cc8c8c9sc%10ccccc%10c9ccc8n67)ccc5c4cc3c21. The predicted molar refractivity (Wildman–Crippen MR) is 310 cm³/mol. The van der Waals surface area contributed by atoms with E-state index in [9.17, 15) is 0 Å². The lowest BCUT2D eigenvalue weighted by Gasteiger charge is -2.14. The van der Waals surface area contributed by atoms with Crippen LogP contribution in [-0.2, 0) is 0 Å². The maximum Gasteiger partial charge on any atom is 0.0620 e. The van der Waals surface area contributed by atoms with Gasteiger partial charge >= 0.3 is 0 Å². The van der Waals surface area contributed by atoms with Crippen LogP contribution in [0.2, 0.25) is 0 Å². The van der Waals surface area contributed by atoms with Crippen molar-refractivity contribution in [3.05, 3.63) is 194 Å². The summed E-state index contributed by atoms with van der Waals surface area (Å²) in [5.41, 5.74) is 7.54. The number of aromatic nitrogens is 2. The van der Waals surface area contributed by atoms with E-state index in [2.05, 4.69) is 203 Å². The number of rotatable bonds is 1. The first kappa shape index (κ1) is 37.1. The molecule has 8 aromatic heterocycles. The van der Waals surface area contributed by atoms with Crippen molar-refractivity contribution < 1.29 is 0 Å². The number of thiophene rings is 4. The molecule has 2 nitrogen and oxygen atoms in total. The number of benzene rings is 10. The van der Waals surface area contributed by atoms with Crippen LogP contribution in [0.5, 0.6) is 0 Å². The van der Waals surface area contributed by atoms with Gasteiger partial charge in [-0.25, -0.2) is 0 Å². The molecule has 0 unspecified atom stereocenters. The molecule has 18 aromatic rings. The maximum absolute atomic E-state index is 2.63. The molecule has 0 spiro atoms. The van der Waals surface area contributed by atoms with E-state index >= 15 is 0 Å². The van der Waals surface area contributed by atoms with Crippen molar-refractivity contribution in [1.29, 1.82) is 0 Å². The molecular formula is C64H32N2S4. The average molecular weight is 957 g/mol. The van der Waals surface area contributed by atoms with Gasteiger partial charge in [0, 0.05) is 136 Å². The molecule has 0 saturated heterocycles. The zero-order valence-corrected chi connectivity index (χ0v) is 40.3. The highest BCUT2D eigenvalue weighted by Crippen LogP contribution is 2.51. The van der Waals surface area contributed by atoms with Gasteiger partial charge in [-0.3, -0.25) is 0 Å². The second kappa shape index (κ2) is 13.1.